The number of nitrogens with zero attached hydrogens (tertiary/aromatic N) is 3. The molecule has 0 unspecified atom stereocenters. The van der Waals surface area contributed by atoms with E-state index < -0.39 is 0 Å². The molecule has 1 aromatic heterocycles. The van der Waals surface area contributed by atoms with Crippen LogP contribution in [0.2, 0.25) is 0 Å². The number of likely N-dealkylation sites (tertiary alicyclic amines) is 1. The van der Waals surface area contributed by atoms with Crippen molar-refractivity contribution in [2.24, 2.45) is 0 Å². The molecule has 0 saturated carbocycles. The Morgan fingerprint density at radius 3 is 2.62 bits per heavy atom. The summed E-state index contributed by atoms with van der Waals surface area (Å²) in [5.74, 6) is 0.222. The van der Waals surface area contributed by atoms with Gasteiger partial charge < -0.3 is 5.32 Å². The zero-order valence-electron chi connectivity index (χ0n) is 13.3. The van der Waals surface area contributed by atoms with E-state index in [1.807, 2.05) is 12.1 Å². The van der Waals surface area contributed by atoms with E-state index in [4.69, 9.17) is 0 Å². The van der Waals surface area contributed by atoms with Gasteiger partial charge in [0.25, 0.3) is 0 Å². The molecule has 0 bridgehead atoms. The number of anilines is 1. The number of urea groups is 1. The summed E-state index contributed by atoms with van der Waals surface area (Å²) in [5.41, 5.74) is 1.10. The zero-order chi connectivity index (χ0) is 16.8. The molecule has 0 atom stereocenters. The van der Waals surface area contributed by atoms with Crippen LogP contribution < -0.4 is 10.6 Å². The minimum absolute atomic E-state index is 0.145. The Hall–Kier alpha value is -2.54. The number of halogens is 1. The number of hydrogen-bond acceptors (Lipinski definition) is 4. The summed E-state index contributed by atoms with van der Waals surface area (Å²) in [5, 5.41) is 13.2. The molecule has 1 saturated heterocycles. The summed E-state index contributed by atoms with van der Waals surface area (Å²) in [6, 6.07) is 9.90. The monoisotopic (exact) mass is 329 g/mol. The number of nitrogens with one attached hydrogen (secondary N) is 2. The number of piperidine rings is 1. The lowest BCUT2D eigenvalue weighted by Gasteiger charge is -2.32. The second-order valence-electron chi connectivity index (χ2n) is 5.88. The number of benzene rings is 1. The highest BCUT2D eigenvalue weighted by molar-refractivity contribution is 5.88. The van der Waals surface area contributed by atoms with E-state index in [1.165, 1.54) is 12.1 Å². The van der Waals surface area contributed by atoms with E-state index in [0.717, 1.165) is 38.0 Å². The van der Waals surface area contributed by atoms with E-state index >= 15 is 0 Å². The summed E-state index contributed by atoms with van der Waals surface area (Å²) < 4.78 is 12.9. The third-order valence-corrected chi connectivity index (χ3v) is 4.06. The van der Waals surface area contributed by atoms with Crippen molar-refractivity contribution >= 4 is 11.8 Å². The van der Waals surface area contributed by atoms with Gasteiger partial charge in [-0.25, -0.2) is 9.18 Å². The minimum Gasteiger partial charge on any atom is -0.335 e. The summed E-state index contributed by atoms with van der Waals surface area (Å²) in [7, 11) is 0. The number of hydrogen-bond donors (Lipinski definition) is 2. The van der Waals surface area contributed by atoms with Crippen molar-refractivity contribution in [3.05, 3.63) is 54.0 Å². The maximum absolute atomic E-state index is 12.9. The molecule has 24 heavy (non-hydrogen) atoms. The van der Waals surface area contributed by atoms with Gasteiger partial charge in [-0.1, -0.05) is 12.1 Å². The highest BCUT2D eigenvalue weighted by Gasteiger charge is 2.20. The number of carbonyl (C=O) groups excluding carboxylic acids is 1. The predicted molar refractivity (Wildman–Crippen MR) is 88.9 cm³/mol. The number of rotatable bonds is 4. The van der Waals surface area contributed by atoms with E-state index in [2.05, 4.69) is 25.7 Å². The molecule has 0 radical (unpaired) electrons. The molecule has 1 aromatic carbocycles. The summed E-state index contributed by atoms with van der Waals surface area (Å²) in [6.07, 6.45) is 3.32. The first-order chi connectivity index (χ1) is 11.7. The topological polar surface area (TPSA) is 70.1 Å². The van der Waals surface area contributed by atoms with Crippen molar-refractivity contribution in [2.75, 3.05) is 18.4 Å². The van der Waals surface area contributed by atoms with Gasteiger partial charge in [0.1, 0.15) is 5.82 Å². The third-order valence-electron chi connectivity index (χ3n) is 4.06. The number of carbonyl (C=O) groups is 1. The third kappa shape index (κ3) is 4.73. The van der Waals surface area contributed by atoms with Gasteiger partial charge >= 0.3 is 6.03 Å². The highest BCUT2D eigenvalue weighted by atomic mass is 19.1. The van der Waals surface area contributed by atoms with Crippen molar-refractivity contribution in [1.29, 1.82) is 0 Å². The van der Waals surface area contributed by atoms with E-state index in [1.54, 1.807) is 18.3 Å². The van der Waals surface area contributed by atoms with Gasteiger partial charge in [-0.2, -0.15) is 5.10 Å². The smallest absolute Gasteiger partial charge is 0.320 e. The summed E-state index contributed by atoms with van der Waals surface area (Å²) >= 11 is 0. The fraction of sp³-hybridized carbons (Fsp3) is 0.353. The number of amides is 2. The van der Waals surface area contributed by atoms with Gasteiger partial charge in [0.05, 0.1) is 0 Å². The van der Waals surface area contributed by atoms with Crippen LogP contribution >= 0.6 is 0 Å². The Balaban J connectivity index is 1.41. The lowest BCUT2D eigenvalue weighted by molar-refractivity contribution is 0.190. The van der Waals surface area contributed by atoms with Crippen LogP contribution in [-0.4, -0.2) is 40.3 Å². The molecule has 7 heteroatoms. The van der Waals surface area contributed by atoms with E-state index in [-0.39, 0.29) is 17.9 Å². The molecule has 0 spiro atoms. The molecule has 3 rings (SSSR count). The average molecular weight is 329 g/mol. The van der Waals surface area contributed by atoms with Crippen molar-refractivity contribution < 1.29 is 9.18 Å². The van der Waals surface area contributed by atoms with E-state index in [9.17, 15) is 9.18 Å². The Morgan fingerprint density at radius 1 is 1.21 bits per heavy atom. The first kappa shape index (κ1) is 16.3. The molecule has 2 aromatic rings. The highest BCUT2D eigenvalue weighted by Crippen LogP contribution is 2.14. The second kappa shape index (κ2) is 7.83. The lowest BCUT2D eigenvalue weighted by Crippen LogP contribution is -2.45. The van der Waals surface area contributed by atoms with Crippen LogP contribution in [0.25, 0.3) is 0 Å². The Kier molecular flexibility index (Phi) is 5.32. The first-order valence-corrected chi connectivity index (χ1v) is 8.01. The van der Waals surface area contributed by atoms with Crippen LogP contribution in [0.4, 0.5) is 15.0 Å². The quantitative estimate of drug-likeness (QED) is 0.904. The standard InChI is InChI=1S/C17H20FN5O/c18-14-5-3-13(4-6-14)12-23-10-7-15(8-11-23)20-17(24)21-16-2-1-9-19-22-16/h1-6,9,15H,7-8,10-12H2,(H2,20,21,22,24). The molecule has 1 aliphatic heterocycles. The van der Waals surface area contributed by atoms with Gasteiger partial charge in [0.2, 0.25) is 0 Å². The van der Waals surface area contributed by atoms with E-state index in [0.29, 0.717) is 5.82 Å². The fourth-order valence-corrected chi connectivity index (χ4v) is 2.79. The van der Waals surface area contributed by atoms with Gasteiger partial charge in [0, 0.05) is 31.9 Å². The molecule has 1 fully saturated rings. The molecule has 126 valence electrons. The van der Waals surface area contributed by atoms with Crippen LogP contribution in [0, 0.1) is 5.82 Å². The van der Waals surface area contributed by atoms with Crippen LogP contribution in [-0.2, 0) is 6.54 Å². The van der Waals surface area contributed by atoms with Crippen LogP contribution in [0.5, 0.6) is 0 Å². The van der Waals surface area contributed by atoms with Crippen LogP contribution in [0.1, 0.15) is 18.4 Å². The second-order valence-corrected chi connectivity index (χ2v) is 5.88. The zero-order valence-corrected chi connectivity index (χ0v) is 13.3. The average Bonchev–Trinajstić information content (AvgIpc) is 2.59. The van der Waals surface area contributed by atoms with Crippen LogP contribution in [0.3, 0.4) is 0 Å². The molecular weight excluding hydrogens is 309 g/mol. The Labute approximate surface area is 140 Å². The predicted octanol–water partition coefficient (Wildman–Crippen LogP) is 2.40. The summed E-state index contributed by atoms with van der Waals surface area (Å²) in [4.78, 5) is 14.3. The molecule has 1 aliphatic rings. The molecule has 0 aliphatic carbocycles. The SMILES string of the molecule is O=C(Nc1cccnn1)NC1CCN(Cc2ccc(F)cc2)CC1. The molecule has 2 N–H and O–H groups in total. The Morgan fingerprint density at radius 2 is 1.96 bits per heavy atom. The largest absolute Gasteiger partial charge is 0.335 e. The maximum atomic E-state index is 12.9. The van der Waals surface area contributed by atoms with Crippen molar-refractivity contribution in [2.45, 2.75) is 25.4 Å². The normalized spacial score (nSPS) is 15.9. The van der Waals surface area contributed by atoms with Gasteiger partial charge in [0.15, 0.2) is 5.82 Å². The van der Waals surface area contributed by atoms with Crippen LogP contribution in [0.15, 0.2) is 42.6 Å². The maximum Gasteiger partial charge on any atom is 0.320 e. The molecule has 2 amide bonds. The van der Waals surface area contributed by atoms with Crippen molar-refractivity contribution in [1.82, 2.24) is 20.4 Å². The minimum atomic E-state index is -0.257. The summed E-state index contributed by atoms with van der Waals surface area (Å²) in [6.45, 7) is 2.60. The molecule has 2 heterocycles. The molecule has 6 nitrogen and oxygen atoms in total. The van der Waals surface area contributed by atoms with Crippen molar-refractivity contribution in [3.8, 4) is 0 Å². The Bertz CT molecular complexity index is 656. The lowest BCUT2D eigenvalue weighted by atomic mass is 10.0. The van der Waals surface area contributed by atoms with Gasteiger partial charge in [-0.05, 0) is 42.7 Å². The first-order valence-electron chi connectivity index (χ1n) is 8.01. The van der Waals surface area contributed by atoms with Gasteiger partial charge in [-0.3, -0.25) is 10.2 Å². The molecular formula is C17H20FN5O. The fourth-order valence-electron chi connectivity index (χ4n) is 2.79. The van der Waals surface area contributed by atoms with Crippen molar-refractivity contribution in [3.63, 3.8) is 0 Å². The number of aromatic nitrogens is 2. The van der Waals surface area contributed by atoms with Gasteiger partial charge in [-0.15, -0.1) is 5.10 Å².